The van der Waals surface area contributed by atoms with Crippen LogP contribution in [0.15, 0.2) is 30.6 Å². The van der Waals surface area contributed by atoms with Crippen LogP contribution in [-0.2, 0) is 5.88 Å². The molecule has 5 heteroatoms. The van der Waals surface area contributed by atoms with Gasteiger partial charge in [-0.2, -0.15) is 0 Å². The number of aromatic nitrogens is 2. The number of anilines is 2. The highest BCUT2D eigenvalue weighted by atomic mass is 35.5. The highest BCUT2D eigenvalue weighted by Crippen LogP contribution is 2.26. The van der Waals surface area contributed by atoms with Crippen LogP contribution < -0.4 is 10.1 Å². The van der Waals surface area contributed by atoms with Crippen LogP contribution in [0.4, 0.5) is 11.5 Å². The fourth-order valence-electron chi connectivity index (χ4n) is 1.96. The van der Waals surface area contributed by atoms with E-state index in [4.69, 9.17) is 16.3 Å². The van der Waals surface area contributed by atoms with Gasteiger partial charge in [-0.05, 0) is 31.0 Å². The smallest absolute Gasteiger partial charge is 0.133 e. The third-order valence-electron chi connectivity index (χ3n) is 3.06. The number of benzene rings is 1. The summed E-state index contributed by atoms with van der Waals surface area (Å²) in [7, 11) is 0. The Balaban J connectivity index is 2.21. The first-order valence-electron chi connectivity index (χ1n) is 7.04. The maximum Gasteiger partial charge on any atom is 0.133 e. The Kier molecular flexibility index (Phi) is 5.39. The molecule has 0 unspecified atom stereocenters. The summed E-state index contributed by atoms with van der Waals surface area (Å²) in [6.45, 7) is 6.79. The van der Waals surface area contributed by atoms with E-state index in [2.05, 4.69) is 29.1 Å². The van der Waals surface area contributed by atoms with Gasteiger partial charge in [0.05, 0.1) is 12.5 Å². The molecule has 0 amide bonds. The van der Waals surface area contributed by atoms with Crippen molar-refractivity contribution in [1.82, 2.24) is 9.97 Å². The van der Waals surface area contributed by atoms with Crippen molar-refractivity contribution in [2.45, 2.75) is 32.6 Å². The van der Waals surface area contributed by atoms with Gasteiger partial charge in [-0.3, -0.25) is 0 Å². The third-order valence-corrected chi connectivity index (χ3v) is 3.34. The van der Waals surface area contributed by atoms with E-state index in [0.29, 0.717) is 18.4 Å². The van der Waals surface area contributed by atoms with Crippen molar-refractivity contribution >= 4 is 23.1 Å². The second-order valence-electron chi connectivity index (χ2n) is 5.00. The van der Waals surface area contributed by atoms with Crippen molar-refractivity contribution in [3.63, 3.8) is 0 Å². The number of hydrogen-bond acceptors (Lipinski definition) is 4. The van der Waals surface area contributed by atoms with Crippen molar-refractivity contribution in [1.29, 1.82) is 0 Å². The van der Waals surface area contributed by atoms with Gasteiger partial charge in [0, 0.05) is 23.0 Å². The van der Waals surface area contributed by atoms with Crippen molar-refractivity contribution in [3.05, 3.63) is 41.9 Å². The number of nitrogens with one attached hydrogen (secondary N) is 1. The highest BCUT2D eigenvalue weighted by molar-refractivity contribution is 6.17. The molecule has 0 aliphatic carbocycles. The molecular weight excluding hydrogens is 286 g/mol. The summed E-state index contributed by atoms with van der Waals surface area (Å²) >= 11 is 5.98. The van der Waals surface area contributed by atoms with Gasteiger partial charge in [0.1, 0.15) is 17.9 Å². The Morgan fingerprint density at radius 2 is 2.05 bits per heavy atom. The Bertz CT molecular complexity index is 602. The fourth-order valence-corrected chi connectivity index (χ4v) is 2.17. The van der Waals surface area contributed by atoms with Crippen LogP contribution in [0.25, 0.3) is 0 Å². The Hall–Kier alpha value is -1.81. The minimum absolute atomic E-state index is 0.368. The zero-order valence-corrected chi connectivity index (χ0v) is 13.3. The average Bonchev–Trinajstić information content (AvgIpc) is 2.49. The quantitative estimate of drug-likeness (QED) is 0.799. The molecule has 0 aliphatic rings. The first-order chi connectivity index (χ1) is 10.1. The maximum absolute atomic E-state index is 5.98. The Morgan fingerprint density at radius 3 is 2.71 bits per heavy atom. The normalized spacial score (nSPS) is 10.7. The molecule has 1 N–H and O–H groups in total. The molecule has 0 fully saturated rings. The topological polar surface area (TPSA) is 47.0 Å². The number of ether oxygens (including phenoxy) is 1. The summed E-state index contributed by atoms with van der Waals surface area (Å²) in [6.07, 6.45) is 1.58. The minimum Gasteiger partial charge on any atom is -0.494 e. The molecule has 0 saturated heterocycles. The molecule has 1 heterocycles. The number of halogens is 1. The van der Waals surface area contributed by atoms with Crippen LogP contribution in [0, 0.1) is 0 Å². The molecule has 112 valence electrons. The van der Waals surface area contributed by atoms with E-state index in [-0.39, 0.29) is 0 Å². The molecule has 0 spiro atoms. The van der Waals surface area contributed by atoms with Crippen LogP contribution in [0.3, 0.4) is 0 Å². The summed E-state index contributed by atoms with van der Waals surface area (Å²) in [5.74, 6) is 2.38. The van der Waals surface area contributed by atoms with Gasteiger partial charge in [0.25, 0.3) is 0 Å². The lowest BCUT2D eigenvalue weighted by atomic mass is 10.1. The van der Waals surface area contributed by atoms with Crippen LogP contribution in [0.1, 0.15) is 37.9 Å². The van der Waals surface area contributed by atoms with E-state index in [1.165, 1.54) is 0 Å². The second kappa shape index (κ2) is 7.27. The van der Waals surface area contributed by atoms with Gasteiger partial charge >= 0.3 is 0 Å². The molecule has 2 rings (SSSR count). The molecular formula is C16H20ClN3O. The predicted molar refractivity (Wildman–Crippen MR) is 86.6 cm³/mol. The van der Waals surface area contributed by atoms with Crippen molar-refractivity contribution in [2.75, 3.05) is 11.9 Å². The van der Waals surface area contributed by atoms with E-state index >= 15 is 0 Å². The van der Waals surface area contributed by atoms with Gasteiger partial charge in [0.2, 0.25) is 0 Å². The van der Waals surface area contributed by atoms with Crippen molar-refractivity contribution in [3.8, 4) is 5.75 Å². The summed E-state index contributed by atoms with van der Waals surface area (Å²) in [5.41, 5.74) is 2.90. The van der Waals surface area contributed by atoms with Gasteiger partial charge in [0.15, 0.2) is 0 Å². The van der Waals surface area contributed by atoms with E-state index in [9.17, 15) is 0 Å². The molecule has 0 radical (unpaired) electrons. The summed E-state index contributed by atoms with van der Waals surface area (Å²) in [4.78, 5) is 8.51. The molecule has 0 atom stereocenters. The molecule has 0 saturated carbocycles. The number of hydrogen-bond donors (Lipinski definition) is 1. The van der Waals surface area contributed by atoms with Crippen LogP contribution in [-0.4, -0.2) is 16.6 Å². The van der Waals surface area contributed by atoms with Gasteiger partial charge in [-0.15, -0.1) is 11.6 Å². The van der Waals surface area contributed by atoms with Gasteiger partial charge in [-0.25, -0.2) is 9.97 Å². The predicted octanol–water partition coefficient (Wildman–Crippen LogP) is 4.48. The van der Waals surface area contributed by atoms with E-state index < -0.39 is 0 Å². The largest absolute Gasteiger partial charge is 0.494 e. The lowest BCUT2D eigenvalue weighted by Crippen LogP contribution is -2.00. The van der Waals surface area contributed by atoms with E-state index in [0.717, 1.165) is 28.5 Å². The summed E-state index contributed by atoms with van der Waals surface area (Å²) in [5, 5.41) is 3.28. The average molecular weight is 306 g/mol. The highest BCUT2D eigenvalue weighted by Gasteiger charge is 2.06. The van der Waals surface area contributed by atoms with E-state index in [1.807, 2.05) is 31.2 Å². The minimum atomic E-state index is 0.368. The molecule has 0 bridgehead atoms. The zero-order valence-electron chi connectivity index (χ0n) is 12.6. The molecule has 1 aromatic carbocycles. The first kappa shape index (κ1) is 15.6. The third kappa shape index (κ3) is 4.08. The molecule has 2 aromatic rings. The molecule has 21 heavy (non-hydrogen) atoms. The van der Waals surface area contributed by atoms with Gasteiger partial charge < -0.3 is 10.1 Å². The fraction of sp³-hybridized carbons (Fsp3) is 0.375. The van der Waals surface area contributed by atoms with Gasteiger partial charge in [-0.1, -0.05) is 13.8 Å². The van der Waals surface area contributed by atoms with Crippen LogP contribution in [0.5, 0.6) is 5.75 Å². The Labute approximate surface area is 130 Å². The van der Waals surface area contributed by atoms with Crippen LogP contribution >= 0.6 is 11.6 Å². The monoisotopic (exact) mass is 305 g/mol. The zero-order chi connectivity index (χ0) is 15.2. The van der Waals surface area contributed by atoms with E-state index in [1.54, 1.807) is 6.33 Å². The van der Waals surface area contributed by atoms with Crippen molar-refractivity contribution < 1.29 is 4.74 Å². The first-order valence-corrected chi connectivity index (χ1v) is 7.58. The lowest BCUT2D eigenvalue weighted by molar-refractivity contribution is 0.337. The summed E-state index contributed by atoms with van der Waals surface area (Å²) < 4.78 is 5.55. The number of rotatable bonds is 6. The molecule has 1 aromatic heterocycles. The summed E-state index contributed by atoms with van der Waals surface area (Å²) in [6, 6.07) is 7.82. The Morgan fingerprint density at radius 1 is 1.24 bits per heavy atom. The maximum atomic E-state index is 5.98. The lowest BCUT2D eigenvalue weighted by Gasteiger charge is -2.12. The molecule has 0 aliphatic heterocycles. The van der Waals surface area contributed by atoms with Crippen molar-refractivity contribution in [2.24, 2.45) is 0 Å². The SMILES string of the molecule is CCOc1ccc(Nc2cc(C(C)C)ncn2)cc1CCl. The number of nitrogens with zero attached hydrogens (tertiary/aromatic N) is 2. The standard InChI is InChI=1S/C16H20ClN3O/c1-4-21-15-6-5-13(7-12(15)9-17)20-16-8-14(11(2)3)18-10-19-16/h5-8,10-11H,4,9H2,1-3H3,(H,18,19,20). The second-order valence-corrected chi connectivity index (χ2v) is 5.26. The molecule has 4 nitrogen and oxygen atoms in total. The van der Waals surface area contributed by atoms with Crippen LogP contribution in [0.2, 0.25) is 0 Å². The number of alkyl halides is 1.